The van der Waals surface area contributed by atoms with E-state index in [0.717, 1.165) is 25.7 Å². The highest BCUT2D eigenvalue weighted by atomic mass is 19.4. The molecule has 1 amide bonds. The Kier molecular flexibility index (Phi) is 4.10. The zero-order valence-electron chi connectivity index (χ0n) is 12.2. The largest absolute Gasteiger partial charge is 0.393 e. The summed E-state index contributed by atoms with van der Waals surface area (Å²) in [6, 6.07) is 0. The van der Waals surface area contributed by atoms with E-state index < -0.39 is 12.1 Å². The lowest BCUT2D eigenvalue weighted by Gasteiger charge is -2.26. The number of hydrogen-bond donors (Lipinski definition) is 1. The summed E-state index contributed by atoms with van der Waals surface area (Å²) >= 11 is 0. The van der Waals surface area contributed by atoms with E-state index in [-0.39, 0.29) is 37.8 Å². The number of aryl methyl sites for hydroxylation is 1. The third kappa shape index (κ3) is 3.10. The van der Waals surface area contributed by atoms with Gasteiger partial charge in [0.05, 0.1) is 12.5 Å². The first-order valence-corrected chi connectivity index (χ1v) is 7.70. The maximum atomic E-state index is 12.9. The van der Waals surface area contributed by atoms with Crippen LogP contribution in [-0.4, -0.2) is 26.8 Å². The van der Waals surface area contributed by atoms with Gasteiger partial charge in [0.15, 0.2) is 5.82 Å². The number of amides is 1. The molecule has 0 aromatic carbocycles. The Morgan fingerprint density at radius 1 is 1.23 bits per heavy atom. The second-order valence-electron chi connectivity index (χ2n) is 6.12. The first-order valence-electron chi connectivity index (χ1n) is 7.70. The number of carbonyl (C=O) groups excluding carboxylic acids is 1. The van der Waals surface area contributed by atoms with Crippen LogP contribution in [0, 0.1) is 11.8 Å². The van der Waals surface area contributed by atoms with E-state index in [2.05, 4.69) is 15.5 Å². The lowest BCUT2D eigenvalue weighted by atomic mass is 9.99. The average Bonchev–Trinajstić information content (AvgIpc) is 3.13. The molecule has 0 bridgehead atoms. The Hall–Kier alpha value is -1.60. The molecule has 1 aliphatic carbocycles. The zero-order valence-corrected chi connectivity index (χ0v) is 12.2. The summed E-state index contributed by atoms with van der Waals surface area (Å²) in [5.74, 6) is -0.370. The summed E-state index contributed by atoms with van der Waals surface area (Å²) in [4.78, 5) is 12.0. The fourth-order valence-corrected chi connectivity index (χ4v) is 3.28. The Labute approximate surface area is 126 Å². The van der Waals surface area contributed by atoms with Gasteiger partial charge in [-0.15, -0.1) is 10.2 Å². The average molecular weight is 316 g/mol. The highest BCUT2D eigenvalue weighted by molar-refractivity contribution is 5.78. The number of fused-ring (bicyclic) bond motifs is 1. The highest BCUT2D eigenvalue weighted by Crippen LogP contribution is 2.34. The van der Waals surface area contributed by atoms with Crippen molar-refractivity contribution in [2.45, 2.75) is 57.8 Å². The zero-order chi connectivity index (χ0) is 15.7. The lowest BCUT2D eigenvalue weighted by molar-refractivity contribution is -0.182. The predicted octanol–water partition coefficient (Wildman–Crippen LogP) is 2.21. The number of rotatable bonds is 3. The smallest absolute Gasteiger partial charge is 0.349 e. The Bertz CT molecular complexity index is 549. The molecule has 1 atom stereocenters. The fourth-order valence-electron chi connectivity index (χ4n) is 3.28. The second kappa shape index (κ2) is 5.89. The van der Waals surface area contributed by atoms with Gasteiger partial charge < -0.3 is 9.88 Å². The van der Waals surface area contributed by atoms with Crippen molar-refractivity contribution in [1.82, 2.24) is 20.1 Å². The van der Waals surface area contributed by atoms with Crippen molar-refractivity contribution in [1.29, 1.82) is 0 Å². The van der Waals surface area contributed by atoms with E-state index in [1.54, 1.807) is 0 Å². The van der Waals surface area contributed by atoms with Gasteiger partial charge in [-0.05, 0) is 19.3 Å². The minimum Gasteiger partial charge on any atom is -0.349 e. The lowest BCUT2D eigenvalue weighted by Crippen LogP contribution is -2.34. The first kappa shape index (κ1) is 15.3. The molecule has 0 spiro atoms. The number of carbonyl (C=O) groups is 1. The van der Waals surface area contributed by atoms with Crippen LogP contribution in [0.3, 0.4) is 0 Å². The summed E-state index contributed by atoms with van der Waals surface area (Å²) in [6.07, 6.45) is 0.0212. The maximum absolute atomic E-state index is 12.9. The third-order valence-corrected chi connectivity index (χ3v) is 4.63. The summed E-state index contributed by atoms with van der Waals surface area (Å²) in [6.45, 7) is -0.00657. The molecule has 122 valence electrons. The predicted molar refractivity (Wildman–Crippen MR) is 71.7 cm³/mol. The van der Waals surface area contributed by atoms with E-state index in [0.29, 0.717) is 11.6 Å². The summed E-state index contributed by atoms with van der Waals surface area (Å²) in [5.41, 5.74) is 0. The molecule has 3 rings (SSSR count). The molecule has 0 unspecified atom stereocenters. The monoisotopic (exact) mass is 316 g/mol. The van der Waals surface area contributed by atoms with Gasteiger partial charge in [0.2, 0.25) is 5.91 Å². The summed E-state index contributed by atoms with van der Waals surface area (Å²) < 4.78 is 40.1. The molecule has 1 aromatic rings. The Morgan fingerprint density at radius 3 is 2.64 bits per heavy atom. The van der Waals surface area contributed by atoms with Gasteiger partial charge >= 0.3 is 6.18 Å². The van der Waals surface area contributed by atoms with Crippen LogP contribution in [-0.2, 0) is 24.3 Å². The minimum absolute atomic E-state index is 0.0296. The molecule has 0 radical (unpaired) electrons. The molecule has 22 heavy (non-hydrogen) atoms. The molecule has 8 heteroatoms. The van der Waals surface area contributed by atoms with Crippen LogP contribution >= 0.6 is 0 Å². The van der Waals surface area contributed by atoms with Crippen LogP contribution < -0.4 is 5.32 Å². The molecule has 1 saturated carbocycles. The van der Waals surface area contributed by atoms with Crippen molar-refractivity contribution in [3.63, 3.8) is 0 Å². The summed E-state index contributed by atoms with van der Waals surface area (Å²) in [7, 11) is 0. The number of halogens is 3. The van der Waals surface area contributed by atoms with Crippen molar-refractivity contribution < 1.29 is 18.0 Å². The van der Waals surface area contributed by atoms with E-state index in [1.807, 2.05) is 0 Å². The van der Waals surface area contributed by atoms with E-state index in [4.69, 9.17) is 0 Å². The fraction of sp³-hybridized carbons (Fsp3) is 0.786. The van der Waals surface area contributed by atoms with Crippen molar-refractivity contribution in [2.24, 2.45) is 11.8 Å². The van der Waals surface area contributed by atoms with Crippen LogP contribution in [0.2, 0.25) is 0 Å². The van der Waals surface area contributed by atoms with Gasteiger partial charge in [-0.25, -0.2) is 0 Å². The van der Waals surface area contributed by atoms with Gasteiger partial charge in [0.1, 0.15) is 5.82 Å². The molecule has 1 aliphatic heterocycles. The number of nitrogens with zero attached hydrogens (tertiary/aromatic N) is 3. The topological polar surface area (TPSA) is 59.8 Å². The van der Waals surface area contributed by atoms with Crippen LogP contribution in [0.4, 0.5) is 13.2 Å². The minimum atomic E-state index is -4.20. The normalized spacial score (nSPS) is 22.6. The number of alkyl halides is 3. The van der Waals surface area contributed by atoms with Gasteiger partial charge in [-0.1, -0.05) is 12.8 Å². The molecule has 1 N–H and O–H groups in total. The molecular formula is C14H19F3N4O. The van der Waals surface area contributed by atoms with Gasteiger partial charge in [-0.2, -0.15) is 13.2 Å². The van der Waals surface area contributed by atoms with Crippen molar-refractivity contribution in [2.75, 3.05) is 0 Å². The molecule has 1 aromatic heterocycles. The SMILES string of the molecule is O=C(NCc1nnc2n1C[C@@H](C(F)(F)F)CC2)C1CCCC1. The molecule has 1 fully saturated rings. The van der Waals surface area contributed by atoms with Gasteiger partial charge in [0, 0.05) is 18.9 Å². The number of nitrogens with one attached hydrogen (secondary N) is 1. The van der Waals surface area contributed by atoms with Crippen molar-refractivity contribution in [3.05, 3.63) is 11.6 Å². The Balaban J connectivity index is 1.64. The van der Waals surface area contributed by atoms with Crippen LogP contribution in [0.25, 0.3) is 0 Å². The van der Waals surface area contributed by atoms with Crippen molar-refractivity contribution >= 4 is 5.91 Å². The van der Waals surface area contributed by atoms with E-state index >= 15 is 0 Å². The van der Waals surface area contributed by atoms with Crippen LogP contribution in [0.1, 0.15) is 43.8 Å². The highest BCUT2D eigenvalue weighted by Gasteiger charge is 2.42. The summed E-state index contributed by atoms with van der Waals surface area (Å²) in [5, 5.41) is 10.7. The van der Waals surface area contributed by atoms with Crippen LogP contribution in [0.15, 0.2) is 0 Å². The van der Waals surface area contributed by atoms with E-state index in [1.165, 1.54) is 4.57 Å². The molecular weight excluding hydrogens is 297 g/mol. The number of aromatic nitrogens is 3. The van der Waals surface area contributed by atoms with E-state index in [9.17, 15) is 18.0 Å². The van der Waals surface area contributed by atoms with Gasteiger partial charge in [-0.3, -0.25) is 4.79 Å². The van der Waals surface area contributed by atoms with Gasteiger partial charge in [0.25, 0.3) is 0 Å². The first-order chi connectivity index (χ1) is 10.4. The molecule has 2 aliphatic rings. The molecule has 2 heterocycles. The molecule has 5 nitrogen and oxygen atoms in total. The number of hydrogen-bond acceptors (Lipinski definition) is 3. The molecule has 0 saturated heterocycles. The second-order valence-corrected chi connectivity index (χ2v) is 6.12. The Morgan fingerprint density at radius 2 is 1.95 bits per heavy atom. The quantitative estimate of drug-likeness (QED) is 0.930. The standard InChI is InChI=1S/C14H19F3N4O/c15-14(16,17)10-5-6-11-19-20-12(21(11)8-10)7-18-13(22)9-3-1-2-4-9/h9-10H,1-8H2,(H,18,22)/t10-/m0/s1. The third-order valence-electron chi connectivity index (χ3n) is 4.63. The van der Waals surface area contributed by atoms with Crippen molar-refractivity contribution in [3.8, 4) is 0 Å². The van der Waals surface area contributed by atoms with Crippen LogP contribution in [0.5, 0.6) is 0 Å². The maximum Gasteiger partial charge on any atom is 0.393 e.